The van der Waals surface area contributed by atoms with Crippen LogP contribution < -0.4 is 5.32 Å². The second kappa shape index (κ2) is 9.94. The van der Waals surface area contributed by atoms with Crippen molar-refractivity contribution in [2.75, 3.05) is 5.32 Å². The van der Waals surface area contributed by atoms with E-state index in [9.17, 15) is 14.7 Å². The van der Waals surface area contributed by atoms with Gasteiger partial charge in [-0.2, -0.15) is 0 Å². The molecule has 7 heteroatoms. The Morgan fingerprint density at radius 2 is 1.81 bits per heavy atom. The van der Waals surface area contributed by atoms with Gasteiger partial charge in [-0.25, -0.2) is 9.59 Å². The molecule has 0 spiro atoms. The van der Waals surface area contributed by atoms with Crippen molar-refractivity contribution in [2.24, 2.45) is 0 Å². The zero-order valence-corrected chi connectivity index (χ0v) is 15.9. The molecule has 0 aliphatic rings. The number of hydrogen-bond donors (Lipinski definition) is 2. The van der Waals surface area contributed by atoms with Gasteiger partial charge in [0.1, 0.15) is 6.61 Å². The molecule has 2 N–H and O–H groups in total. The van der Waals surface area contributed by atoms with Gasteiger partial charge in [0.05, 0.1) is 6.10 Å². The quantitative estimate of drug-likeness (QED) is 0.691. The summed E-state index contributed by atoms with van der Waals surface area (Å²) < 4.78 is 10.7. The van der Waals surface area contributed by atoms with E-state index in [-0.39, 0.29) is 19.1 Å². The topological polar surface area (TPSA) is 84.9 Å². The van der Waals surface area contributed by atoms with Crippen molar-refractivity contribution in [1.82, 2.24) is 0 Å². The molecule has 1 unspecified atom stereocenters. The van der Waals surface area contributed by atoms with Gasteiger partial charge < -0.3 is 14.6 Å². The van der Waals surface area contributed by atoms with Crippen LogP contribution in [0, 0.1) is 0 Å². The maximum atomic E-state index is 12.0. The van der Waals surface area contributed by atoms with Crippen molar-refractivity contribution in [3.63, 3.8) is 0 Å². The Bertz CT molecular complexity index is 793. The molecule has 144 valence electrons. The molecule has 0 aliphatic carbocycles. The molecular weight excluding hydrogens is 370 g/mol. The highest BCUT2D eigenvalue weighted by Gasteiger charge is 2.21. The summed E-state index contributed by atoms with van der Waals surface area (Å²) in [5.41, 5.74) is 2.00. The Kier molecular flexibility index (Phi) is 7.64. The number of hydrogen-bond acceptors (Lipinski definition) is 4. The minimum absolute atomic E-state index is 0.0105. The number of amides is 1. The maximum Gasteiger partial charge on any atom is 0.411 e. The molecule has 0 saturated heterocycles. The summed E-state index contributed by atoms with van der Waals surface area (Å²) >= 11 is 5.88. The number of halogens is 1. The Balaban J connectivity index is 2.00. The van der Waals surface area contributed by atoms with Gasteiger partial charge >= 0.3 is 12.1 Å². The SMILES string of the molecule is CC(C)OC(Cc1ccccc1COC(=O)Nc1cccc(Cl)c1)C(=O)O. The molecular formula is C20H22ClNO5. The molecule has 0 heterocycles. The molecule has 0 fully saturated rings. The van der Waals surface area contributed by atoms with Crippen LogP contribution in [0.25, 0.3) is 0 Å². The smallest absolute Gasteiger partial charge is 0.411 e. The molecule has 2 rings (SSSR count). The number of nitrogens with one attached hydrogen (secondary N) is 1. The van der Waals surface area contributed by atoms with E-state index in [4.69, 9.17) is 21.1 Å². The second-order valence-corrected chi connectivity index (χ2v) is 6.63. The van der Waals surface area contributed by atoms with Gasteiger partial charge in [0.25, 0.3) is 0 Å². The second-order valence-electron chi connectivity index (χ2n) is 6.20. The van der Waals surface area contributed by atoms with E-state index in [0.717, 1.165) is 11.1 Å². The summed E-state index contributed by atoms with van der Waals surface area (Å²) in [7, 11) is 0. The minimum Gasteiger partial charge on any atom is -0.479 e. The van der Waals surface area contributed by atoms with Crippen LogP contribution in [0.4, 0.5) is 10.5 Å². The average molecular weight is 392 g/mol. The third kappa shape index (κ3) is 6.92. The molecule has 0 bridgehead atoms. The van der Waals surface area contributed by atoms with Gasteiger partial charge in [0.15, 0.2) is 6.10 Å². The van der Waals surface area contributed by atoms with Gasteiger partial charge in [-0.05, 0) is 43.2 Å². The molecule has 6 nitrogen and oxygen atoms in total. The lowest BCUT2D eigenvalue weighted by molar-refractivity contribution is -0.153. The van der Waals surface area contributed by atoms with Gasteiger partial charge in [-0.15, -0.1) is 0 Å². The zero-order valence-electron chi connectivity index (χ0n) is 15.1. The molecule has 0 saturated carbocycles. The first-order valence-corrected chi connectivity index (χ1v) is 8.87. The van der Waals surface area contributed by atoms with E-state index < -0.39 is 18.2 Å². The zero-order chi connectivity index (χ0) is 19.8. The lowest BCUT2D eigenvalue weighted by Crippen LogP contribution is -2.29. The van der Waals surface area contributed by atoms with Gasteiger partial charge in [-0.3, -0.25) is 5.32 Å². The van der Waals surface area contributed by atoms with Crippen molar-refractivity contribution in [3.8, 4) is 0 Å². The van der Waals surface area contributed by atoms with Crippen LogP contribution in [-0.2, 0) is 27.3 Å². The number of carbonyl (C=O) groups excluding carboxylic acids is 1. The Morgan fingerprint density at radius 1 is 1.11 bits per heavy atom. The summed E-state index contributed by atoms with van der Waals surface area (Å²) in [6.45, 7) is 3.58. The number of rotatable bonds is 8. The van der Waals surface area contributed by atoms with Crippen LogP contribution in [0.5, 0.6) is 0 Å². The summed E-state index contributed by atoms with van der Waals surface area (Å²) in [6.07, 6.45) is -1.62. The summed E-state index contributed by atoms with van der Waals surface area (Å²) in [5, 5.41) is 12.4. The lowest BCUT2D eigenvalue weighted by Gasteiger charge is -2.18. The number of carboxylic acids is 1. The van der Waals surface area contributed by atoms with Crippen LogP contribution in [0.2, 0.25) is 5.02 Å². The maximum absolute atomic E-state index is 12.0. The number of aliphatic carboxylic acids is 1. The van der Waals surface area contributed by atoms with Crippen molar-refractivity contribution in [1.29, 1.82) is 0 Å². The normalized spacial score (nSPS) is 11.9. The molecule has 1 atom stereocenters. The fourth-order valence-electron chi connectivity index (χ4n) is 2.48. The summed E-state index contributed by atoms with van der Waals surface area (Å²) in [4.78, 5) is 23.4. The summed E-state index contributed by atoms with van der Waals surface area (Å²) in [6, 6.07) is 13.9. The fraction of sp³-hybridized carbons (Fsp3) is 0.300. The van der Waals surface area contributed by atoms with Crippen LogP contribution in [0.3, 0.4) is 0 Å². The van der Waals surface area contributed by atoms with Crippen LogP contribution in [-0.4, -0.2) is 29.4 Å². The average Bonchev–Trinajstić information content (AvgIpc) is 2.60. The van der Waals surface area contributed by atoms with E-state index in [0.29, 0.717) is 10.7 Å². The van der Waals surface area contributed by atoms with Crippen molar-refractivity contribution < 1.29 is 24.2 Å². The number of ether oxygens (including phenoxy) is 2. The third-order valence-electron chi connectivity index (χ3n) is 3.67. The highest BCUT2D eigenvalue weighted by molar-refractivity contribution is 6.30. The highest BCUT2D eigenvalue weighted by Crippen LogP contribution is 2.17. The van der Waals surface area contributed by atoms with Crippen molar-refractivity contribution in [2.45, 2.75) is 39.1 Å². The first-order chi connectivity index (χ1) is 12.8. The van der Waals surface area contributed by atoms with E-state index in [1.165, 1.54) is 0 Å². The Labute approximate surface area is 163 Å². The number of anilines is 1. The Morgan fingerprint density at radius 3 is 2.44 bits per heavy atom. The molecule has 27 heavy (non-hydrogen) atoms. The first kappa shape index (κ1) is 20.7. The number of carbonyl (C=O) groups is 2. The van der Waals surface area contributed by atoms with Gasteiger partial charge in [0, 0.05) is 17.1 Å². The number of benzene rings is 2. The van der Waals surface area contributed by atoms with E-state index in [1.54, 1.807) is 62.4 Å². The van der Waals surface area contributed by atoms with E-state index in [1.807, 2.05) is 0 Å². The van der Waals surface area contributed by atoms with E-state index in [2.05, 4.69) is 5.32 Å². The van der Waals surface area contributed by atoms with Crippen molar-refractivity contribution >= 4 is 29.4 Å². The predicted molar refractivity (Wildman–Crippen MR) is 103 cm³/mol. The first-order valence-electron chi connectivity index (χ1n) is 8.49. The highest BCUT2D eigenvalue weighted by atomic mass is 35.5. The van der Waals surface area contributed by atoms with Crippen molar-refractivity contribution in [3.05, 3.63) is 64.7 Å². The monoisotopic (exact) mass is 391 g/mol. The molecule has 2 aromatic rings. The fourth-order valence-corrected chi connectivity index (χ4v) is 2.67. The van der Waals surface area contributed by atoms with Crippen LogP contribution >= 0.6 is 11.6 Å². The molecule has 0 aliphatic heterocycles. The molecule has 0 aromatic heterocycles. The lowest BCUT2D eigenvalue weighted by atomic mass is 10.0. The predicted octanol–water partition coefficient (Wildman–Crippen LogP) is 4.51. The summed E-state index contributed by atoms with van der Waals surface area (Å²) in [5.74, 6) is -1.03. The molecule has 1 amide bonds. The number of carboxylic acid groups (broad SMARTS) is 1. The minimum atomic E-state index is -1.03. The van der Waals surface area contributed by atoms with Gasteiger partial charge in [0.2, 0.25) is 0 Å². The molecule has 0 radical (unpaired) electrons. The standard InChI is InChI=1S/C20H22ClNO5/c1-13(2)27-18(19(23)24)10-14-6-3-4-7-15(14)12-26-20(25)22-17-9-5-8-16(21)11-17/h3-9,11,13,18H,10,12H2,1-2H3,(H,22,25)(H,23,24). The third-order valence-corrected chi connectivity index (χ3v) is 3.90. The largest absolute Gasteiger partial charge is 0.479 e. The van der Waals surface area contributed by atoms with Crippen LogP contribution in [0.1, 0.15) is 25.0 Å². The van der Waals surface area contributed by atoms with Gasteiger partial charge in [-0.1, -0.05) is 41.9 Å². The Hall–Kier alpha value is -2.57. The van der Waals surface area contributed by atoms with E-state index >= 15 is 0 Å². The van der Waals surface area contributed by atoms with Crippen LogP contribution in [0.15, 0.2) is 48.5 Å². The molecule has 2 aromatic carbocycles.